The number of ether oxygens (including phenoxy) is 1. The van der Waals surface area contributed by atoms with Gasteiger partial charge in [-0.3, -0.25) is 4.79 Å². The van der Waals surface area contributed by atoms with Crippen LogP contribution in [0.15, 0.2) is 50.4 Å². The highest BCUT2D eigenvalue weighted by molar-refractivity contribution is 9.11. The van der Waals surface area contributed by atoms with Crippen molar-refractivity contribution in [1.82, 2.24) is 5.43 Å². The zero-order chi connectivity index (χ0) is 22.5. The Labute approximate surface area is 195 Å². The molecule has 0 spiro atoms. The Morgan fingerprint density at radius 2 is 1.73 bits per heavy atom. The minimum Gasteiger partial charge on any atom is -0.507 e. The number of aromatic hydroxyl groups is 1. The highest BCUT2D eigenvalue weighted by atomic mass is 79.9. The van der Waals surface area contributed by atoms with E-state index in [4.69, 9.17) is 4.74 Å². The van der Waals surface area contributed by atoms with Gasteiger partial charge in [-0.05, 0) is 63.0 Å². The zero-order valence-corrected chi connectivity index (χ0v) is 21.1. The summed E-state index contributed by atoms with van der Waals surface area (Å²) in [7, 11) is 0. The second-order valence-corrected chi connectivity index (χ2v) is 10.8. The van der Waals surface area contributed by atoms with Gasteiger partial charge in [0.25, 0.3) is 5.91 Å². The summed E-state index contributed by atoms with van der Waals surface area (Å²) in [5, 5.41) is 13.6. The number of amides is 1. The maximum Gasteiger partial charge on any atom is 0.277 e. The van der Waals surface area contributed by atoms with E-state index in [1.54, 1.807) is 6.07 Å². The minimum absolute atomic E-state index is 0.0542. The molecule has 2 N–H and O–H groups in total. The molecule has 7 heteroatoms. The molecule has 0 bridgehead atoms. The van der Waals surface area contributed by atoms with Crippen molar-refractivity contribution >= 4 is 44.0 Å². The number of benzene rings is 2. The van der Waals surface area contributed by atoms with E-state index in [0.29, 0.717) is 15.8 Å². The Hall–Kier alpha value is -1.86. The predicted octanol–water partition coefficient (Wildman–Crippen LogP) is 6.16. The van der Waals surface area contributed by atoms with Crippen molar-refractivity contribution in [2.45, 2.75) is 46.5 Å². The van der Waals surface area contributed by atoms with Crippen LogP contribution in [0.2, 0.25) is 0 Å². The lowest BCUT2D eigenvalue weighted by atomic mass is 9.72. The Kier molecular flexibility index (Phi) is 8.11. The van der Waals surface area contributed by atoms with Crippen molar-refractivity contribution in [2.75, 3.05) is 6.61 Å². The quantitative estimate of drug-likeness (QED) is 0.327. The standard InChI is InChI=1S/C23H28Br2N2O3/c1-22(2,3)14-23(4,5)16-6-8-17(9-7-16)30-13-21(29)27-26-12-15-10-20(28)19(25)11-18(15)24/h6-12,28H,13-14H2,1-5H3,(H,27,29). The average molecular weight is 540 g/mol. The van der Waals surface area contributed by atoms with Gasteiger partial charge in [-0.15, -0.1) is 0 Å². The predicted molar refractivity (Wildman–Crippen MR) is 128 cm³/mol. The third-order valence-corrected chi connectivity index (χ3v) is 5.76. The molecule has 2 aromatic carbocycles. The molecule has 5 nitrogen and oxygen atoms in total. The summed E-state index contributed by atoms with van der Waals surface area (Å²) in [5.74, 6) is 0.342. The van der Waals surface area contributed by atoms with E-state index < -0.39 is 0 Å². The van der Waals surface area contributed by atoms with Crippen LogP contribution in [0.5, 0.6) is 11.5 Å². The number of carbonyl (C=O) groups is 1. The molecular formula is C23H28Br2N2O3. The molecule has 0 aliphatic heterocycles. The normalized spacial score (nSPS) is 12.2. The van der Waals surface area contributed by atoms with Crippen LogP contribution < -0.4 is 10.2 Å². The van der Waals surface area contributed by atoms with Crippen LogP contribution in [0.1, 0.15) is 52.2 Å². The molecule has 2 aromatic rings. The van der Waals surface area contributed by atoms with E-state index in [0.717, 1.165) is 10.9 Å². The van der Waals surface area contributed by atoms with Crippen molar-refractivity contribution in [3.05, 3.63) is 56.5 Å². The molecule has 0 aliphatic rings. The molecule has 0 aromatic heterocycles. The lowest BCUT2D eigenvalue weighted by Crippen LogP contribution is -2.25. The third kappa shape index (κ3) is 7.43. The molecule has 0 atom stereocenters. The molecule has 0 heterocycles. The molecule has 1 amide bonds. The first-order chi connectivity index (χ1) is 13.9. The van der Waals surface area contributed by atoms with Crippen LogP contribution in [-0.4, -0.2) is 23.8 Å². The zero-order valence-electron chi connectivity index (χ0n) is 17.9. The molecule has 0 saturated heterocycles. The highest BCUT2D eigenvalue weighted by Crippen LogP contribution is 2.36. The molecule has 162 valence electrons. The smallest absolute Gasteiger partial charge is 0.277 e. The van der Waals surface area contributed by atoms with Gasteiger partial charge in [-0.1, -0.05) is 62.7 Å². The summed E-state index contributed by atoms with van der Waals surface area (Å²) >= 11 is 6.61. The average Bonchev–Trinajstić information content (AvgIpc) is 2.62. The van der Waals surface area contributed by atoms with E-state index in [1.165, 1.54) is 17.8 Å². The summed E-state index contributed by atoms with van der Waals surface area (Å²) in [4.78, 5) is 12.0. The van der Waals surface area contributed by atoms with E-state index in [-0.39, 0.29) is 29.1 Å². The molecular weight excluding hydrogens is 512 g/mol. The molecule has 0 fully saturated rings. The van der Waals surface area contributed by atoms with Gasteiger partial charge >= 0.3 is 0 Å². The first-order valence-corrected chi connectivity index (χ1v) is 11.2. The number of nitrogens with one attached hydrogen (secondary N) is 1. The van der Waals surface area contributed by atoms with Gasteiger partial charge in [-0.25, -0.2) is 5.43 Å². The van der Waals surface area contributed by atoms with Crippen LogP contribution in [0.4, 0.5) is 0 Å². The Balaban J connectivity index is 1.88. The fraction of sp³-hybridized carbons (Fsp3) is 0.391. The van der Waals surface area contributed by atoms with E-state index in [1.807, 2.05) is 12.1 Å². The van der Waals surface area contributed by atoms with Gasteiger partial charge in [0.05, 0.1) is 10.7 Å². The van der Waals surface area contributed by atoms with Crippen LogP contribution in [0.25, 0.3) is 0 Å². The largest absolute Gasteiger partial charge is 0.507 e. The monoisotopic (exact) mass is 538 g/mol. The number of rotatable bonds is 7. The Morgan fingerprint density at radius 1 is 1.10 bits per heavy atom. The second-order valence-electron chi connectivity index (χ2n) is 9.05. The summed E-state index contributed by atoms with van der Waals surface area (Å²) in [5.41, 5.74) is 4.58. The van der Waals surface area contributed by atoms with E-state index >= 15 is 0 Å². The second kappa shape index (κ2) is 9.96. The Bertz CT molecular complexity index is 917. The van der Waals surface area contributed by atoms with Gasteiger partial charge < -0.3 is 9.84 Å². The number of hydrazone groups is 1. The van der Waals surface area contributed by atoms with Gasteiger partial charge in [0.1, 0.15) is 11.5 Å². The molecule has 2 rings (SSSR count). The molecule has 30 heavy (non-hydrogen) atoms. The van der Waals surface area contributed by atoms with Crippen molar-refractivity contribution in [1.29, 1.82) is 0 Å². The van der Waals surface area contributed by atoms with Gasteiger partial charge in [0.2, 0.25) is 0 Å². The first kappa shape index (κ1) is 24.4. The van der Waals surface area contributed by atoms with Gasteiger partial charge in [0.15, 0.2) is 6.61 Å². The van der Waals surface area contributed by atoms with E-state index in [9.17, 15) is 9.90 Å². The van der Waals surface area contributed by atoms with Crippen molar-refractivity contribution in [2.24, 2.45) is 10.5 Å². The number of nitrogens with zero attached hydrogens (tertiary/aromatic N) is 1. The van der Waals surface area contributed by atoms with Crippen LogP contribution >= 0.6 is 31.9 Å². The topological polar surface area (TPSA) is 70.9 Å². The number of phenols is 1. The van der Waals surface area contributed by atoms with Crippen LogP contribution in [0, 0.1) is 5.41 Å². The lowest BCUT2D eigenvalue weighted by Gasteiger charge is -2.33. The van der Waals surface area contributed by atoms with Crippen molar-refractivity contribution < 1.29 is 14.6 Å². The number of phenolic OH excluding ortho intramolecular Hbond substituents is 1. The van der Waals surface area contributed by atoms with Crippen LogP contribution in [0.3, 0.4) is 0 Å². The highest BCUT2D eigenvalue weighted by Gasteiger charge is 2.27. The van der Waals surface area contributed by atoms with Crippen molar-refractivity contribution in [3.8, 4) is 11.5 Å². The molecule has 0 aliphatic carbocycles. The summed E-state index contributed by atoms with van der Waals surface area (Å²) in [6, 6.07) is 11.1. The fourth-order valence-corrected chi connectivity index (χ4v) is 4.53. The third-order valence-electron chi connectivity index (χ3n) is 4.44. The summed E-state index contributed by atoms with van der Waals surface area (Å²) in [6.45, 7) is 11.1. The fourth-order valence-electron chi connectivity index (χ4n) is 3.44. The number of halogens is 2. The van der Waals surface area contributed by atoms with Gasteiger partial charge in [0, 0.05) is 10.0 Å². The molecule has 0 unspecified atom stereocenters. The molecule has 0 radical (unpaired) electrons. The molecule has 0 saturated carbocycles. The number of hydrogen-bond donors (Lipinski definition) is 2. The maximum atomic E-state index is 12.0. The minimum atomic E-state index is -0.374. The SMILES string of the molecule is CC(C)(C)CC(C)(C)c1ccc(OCC(=O)NN=Cc2cc(O)c(Br)cc2Br)cc1. The number of hydrogen-bond acceptors (Lipinski definition) is 4. The summed E-state index contributed by atoms with van der Waals surface area (Å²) < 4.78 is 6.86. The summed E-state index contributed by atoms with van der Waals surface area (Å²) in [6.07, 6.45) is 2.51. The van der Waals surface area contributed by atoms with E-state index in [2.05, 4.69) is 89.1 Å². The lowest BCUT2D eigenvalue weighted by molar-refractivity contribution is -0.123. The Morgan fingerprint density at radius 3 is 2.33 bits per heavy atom. The maximum absolute atomic E-state index is 12.0. The first-order valence-electron chi connectivity index (χ1n) is 9.61. The van der Waals surface area contributed by atoms with Gasteiger partial charge in [-0.2, -0.15) is 5.10 Å². The van der Waals surface area contributed by atoms with Crippen molar-refractivity contribution in [3.63, 3.8) is 0 Å². The van der Waals surface area contributed by atoms with Crippen LogP contribution in [-0.2, 0) is 10.2 Å². The number of carbonyl (C=O) groups excluding carboxylic acids is 1.